The molecule has 1 rings (SSSR count). The van der Waals surface area contributed by atoms with Crippen molar-refractivity contribution in [1.29, 1.82) is 0 Å². The van der Waals surface area contributed by atoms with Crippen molar-refractivity contribution in [2.45, 2.75) is 25.8 Å². The maximum Gasteiger partial charge on any atom is 0.0462 e. The lowest BCUT2D eigenvalue weighted by Gasteiger charge is -2.14. The Morgan fingerprint density at radius 3 is 2.56 bits per heavy atom. The molecule has 0 saturated heterocycles. The summed E-state index contributed by atoms with van der Waals surface area (Å²) in [7, 11) is 1.75. The number of nitrogens with one attached hydrogen (secondary N) is 1. The van der Waals surface area contributed by atoms with Crippen LogP contribution < -0.4 is 5.32 Å². The van der Waals surface area contributed by atoms with Gasteiger partial charge in [-0.05, 0) is 44.0 Å². The molecule has 2 nitrogen and oxygen atoms in total. The number of unbranched alkanes of at least 4 members (excludes halogenated alkanes) is 1. The van der Waals surface area contributed by atoms with Gasteiger partial charge in [0.05, 0.1) is 0 Å². The van der Waals surface area contributed by atoms with E-state index in [4.69, 9.17) is 4.74 Å². The largest absolute Gasteiger partial charge is 0.385 e. The molecule has 0 bridgehead atoms. The van der Waals surface area contributed by atoms with E-state index >= 15 is 0 Å². The molecule has 1 aromatic carbocycles. The molecule has 16 heavy (non-hydrogen) atoms. The molecule has 1 aromatic rings. The molecule has 0 fully saturated rings. The number of methoxy groups -OCH3 is 1. The Kier molecular flexibility index (Phi) is 6.69. The zero-order valence-corrected chi connectivity index (χ0v) is 11.6. The van der Waals surface area contributed by atoms with E-state index in [-0.39, 0.29) is 0 Å². The second-order valence-electron chi connectivity index (χ2n) is 3.93. The van der Waals surface area contributed by atoms with Gasteiger partial charge in [0.1, 0.15) is 0 Å². The van der Waals surface area contributed by atoms with Crippen molar-refractivity contribution < 1.29 is 4.74 Å². The van der Waals surface area contributed by atoms with Crippen molar-refractivity contribution in [1.82, 2.24) is 5.32 Å². The van der Waals surface area contributed by atoms with Crippen LogP contribution in [0.2, 0.25) is 0 Å². The van der Waals surface area contributed by atoms with Crippen LogP contribution in [0.4, 0.5) is 0 Å². The molecule has 0 aliphatic heterocycles. The van der Waals surface area contributed by atoms with Crippen LogP contribution in [0.1, 0.15) is 31.4 Å². The average Bonchev–Trinajstić information content (AvgIpc) is 2.29. The van der Waals surface area contributed by atoms with Gasteiger partial charge in [-0.2, -0.15) is 0 Å². The van der Waals surface area contributed by atoms with Crippen LogP contribution in [-0.2, 0) is 4.74 Å². The van der Waals surface area contributed by atoms with Crippen LogP contribution in [0.15, 0.2) is 28.7 Å². The molecule has 90 valence electrons. The Morgan fingerprint density at radius 1 is 1.25 bits per heavy atom. The lowest BCUT2D eigenvalue weighted by molar-refractivity contribution is 0.192. The molecule has 0 aliphatic rings. The molecule has 0 spiro atoms. The molecule has 0 aromatic heterocycles. The van der Waals surface area contributed by atoms with Gasteiger partial charge < -0.3 is 10.1 Å². The zero-order valence-electron chi connectivity index (χ0n) is 10.0. The standard InChI is InChI=1S/C13H20BrNO/c1-11(15-9-3-4-10-16-2)12-5-7-13(14)8-6-12/h5-8,11,15H,3-4,9-10H2,1-2H3/t11-/m0/s1. The van der Waals surface area contributed by atoms with Crippen molar-refractivity contribution in [3.8, 4) is 0 Å². The van der Waals surface area contributed by atoms with Gasteiger partial charge in [0.15, 0.2) is 0 Å². The van der Waals surface area contributed by atoms with Crippen molar-refractivity contribution in [3.63, 3.8) is 0 Å². The summed E-state index contributed by atoms with van der Waals surface area (Å²) in [6.45, 7) is 4.09. The normalized spacial score (nSPS) is 12.7. The van der Waals surface area contributed by atoms with Gasteiger partial charge in [0, 0.05) is 24.2 Å². The van der Waals surface area contributed by atoms with Gasteiger partial charge in [-0.3, -0.25) is 0 Å². The van der Waals surface area contributed by atoms with Gasteiger partial charge in [-0.15, -0.1) is 0 Å². The zero-order chi connectivity index (χ0) is 11.8. The Morgan fingerprint density at radius 2 is 1.94 bits per heavy atom. The number of rotatable bonds is 7. The fourth-order valence-electron chi connectivity index (χ4n) is 1.56. The first kappa shape index (κ1) is 13.7. The van der Waals surface area contributed by atoms with Crippen molar-refractivity contribution in [3.05, 3.63) is 34.3 Å². The minimum absolute atomic E-state index is 0.413. The summed E-state index contributed by atoms with van der Waals surface area (Å²) in [5.74, 6) is 0. The third kappa shape index (κ3) is 5.10. The van der Waals surface area contributed by atoms with Crippen LogP contribution in [0.3, 0.4) is 0 Å². The number of halogens is 1. The summed E-state index contributed by atoms with van der Waals surface area (Å²) in [4.78, 5) is 0. The van der Waals surface area contributed by atoms with E-state index in [9.17, 15) is 0 Å². The predicted molar refractivity (Wildman–Crippen MR) is 71.7 cm³/mol. The summed E-state index contributed by atoms with van der Waals surface area (Å²) in [5.41, 5.74) is 1.33. The van der Waals surface area contributed by atoms with E-state index in [1.165, 1.54) is 5.56 Å². The van der Waals surface area contributed by atoms with E-state index in [0.29, 0.717) is 6.04 Å². The molecule has 0 amide bonds. The average molecular weight is 286 g/mol. The molecule has 0 heterocycles. The third-order valence-corrected chi connectivity index (χ3v) is 3.12. The monoisotopic (exact) mass is 285 g/mol. The summed E-state index contributed by atoms with van der Waals surface area (Å²) < 4.78 is 6.14. The van der Waals surface area contributed by atoms with E-state index < -0.39 is 0 Å². The van der Waals surface area contributed by atoms with Gasteiger partial charge in [-0.1, -0.05) is 28.1 Å². The van der Waals surface area contributed by atoms with Crippen molar-refractivity contribution in [2.24, 2.45) is 0 Å². The van der Waals surface area contributed by atoms with Crippen molar-refractivity contribution >= 4 is 15.9 Å². The Hall–Kier alpha value is -0.380. The molecular formula is C13H20BrNO. The number of hydrogen-bond acceptors (Lipinski definition) is 2. The molecule has 0 saturated carbocycles. The van der Waals surface area contributed by atoms with E-state index in [1.807, 2.05) is 0 Å². The fourth-order valence-corrected chi connectivity index (χ4v) is 1.82. The molecule has 0 aliphatic carbocycles. The second-order valence-corrected chi connectivity index (χ2v) is 4.84. The molecule has 3 heteroatoms. The fraction of sp³-hybridized carbons (Fsp3) is 0.538. The second kappa shape index (κ2) is 7.82. The highest BCUT2D eigenvalue weighted by Crippen LogP contribution is 2.16. The molecule has 0 radical (unpaired) electrons. The Bertz CT molecular complexity index is 286. The Labute approximate surface area is 107 Å². The molecule has 0 unspecified atom stereocenters. The Balaban J connectivity index is 2.24. The van der Waals surface area contributed by atoms with Gasteiger partial charge in [-0.25, -0.2) is 0 Å². The quantitative estimate of drug-likeness (QED) is 0.774. The molecular weight excluding hydrogens is 266 g/mol. The van der Waals surface area contributed by atoms with Gasteiger partial charge in [0.25, 0.3) is 0 Å². The summed E-state index contributed by atoms with van der Waals surface area (Å²) >= 11 is 3.44. The predicted octanol–water partition coefficient (Wildman–Crippen LogP) is 3.53. The lowest BCUT2D eigenvalue weighted by atomic mass is 10.1. The maximum absolute atomic E-state index is 5.01. The highest BCUT2D eigenvalue weighted by molar-refractivity contribution is 9.10. The minimum Gasteiger partial charge on any atom is -0.385 e. The highest BCUT2D eigenvalue weighted by atomic mass is 79.9. The smallest absolute Gasteiger partial charge is 0.0462 e. The molecule has 1 N–H and O–H groups in total. The molecule has 1 atom stereocenters. The van der Waals surface area contributed by atoms with Crippen LogP contribution in [-0.4, -0.2) is 20.3 Å². The maximum atomic E-state index is 5.01. The summed E-state index contributed by atoms with van der Waals surface area (Å²) in [5, 5.41) is 3.51. The third-order valence-electron chi connectivity index (χ3n) is 2.60. The first-order valence-corrected chi connectivity index (χ1v) is 6.51. The highest BCUT2D eigenvalue weighted by Gasteiger charge is 2.03. The first-order valence-electron chi connectivity index (χ1n) is 5.72. The van der Waals surface area contributed by atoms with Gasteiger partial charge in [0.2, 0.25) is 0 Å². The topological polar surface area (TPSA) is 21.3 Å². The van der Waals surface area contributed by atoms with E-state index in [0.717, 1.165) is 30.5 Å². The van der Waals surface area contributed by atoms with Crippen LogP contribution in [0, 0.1) is 0 Å². The number of benzene rings is 1. The van der Waals surface area contributed by atoms with Crippen LogP contribution in [0.25, 0.3) is 0 Å². The summed E-state index contributed by atoms with van der Waals surface area (Å²) in [6.07, 6.45) is 2.28. The van der Waals surface area contributed by atoms with E-state index in [2.05, 4.69) is 52.4 Å². The number of ether oxygens (including phenoxy) is 1. The SMILES string of the molecule is COCCCCN[C@@H](C)c1ccc(Br)cc1. The van der Waals surface area contributed by atoms with E-state index in [1.54, 1.807) is 7.11 Å². The lowest BCUT2D eigenvalue weighted by Crippen LogP contribution is -2.20. The number of hydrogen-bond donors (Lipinski definition) is 1. The van der Waals surface area contributed by atoms with Crippen LogP contribution in [0.5, 0.6) is 0 Å². The first-order chi connectivity index (χ1) is 7.74. The van der Waals surface area contributed by atoms with Gasteiger partial charge >= 0.3 is 0 Å². The van der Waals surface area contributed by atoms with Crippen LogP contribution >= 0.6 is 15.9 Å². The van der Waals surface area contributed by atoms with Crippen molar-refractivity contribution in [2.75, 3.05) is 20.3 Å². The summed E-state index contributed by atoms with van der Waals surface area (Å²) in [6, 6.07) is 8.88. The minimum atomic E-state index is 0.413.